The van der Waals surface area contributed by atoms with Gasteiger partial charge in [0.05, 0.1) is 12.4 Å². The highest BCUT2D eigenvalue weighted by Crippen LogP contribution is 2.41. The molecule has 2 heterocycles. The van der Waals surface area contributed by atoms with Gasteiger partial charge in [0.1, 0.15) is 17.1 Å². The number of halogens is 6. The van der Waals surface area contributed by atoms with Crippen LogP contribution in [0.4, 0.5) is 32.0 Å². The van der Waals surface area contributed by atoms with Crippen molar-refractivity contribution in [2.24, 2.45) is 10.7 Å². The highest BCUT2D eigenvalue weighted by atomic mass is 19.4. The van der Waals surface area contributed by atoms with Crippen molar-refractivity contribution in [1.82, 2.24) is 9.97 Å². The number of rotatable bonds is 5. The second kappa shape index (κ2) is 8.51. The third-order valence-corrected chi connectivity index (χ3v) is 4.44. The SMILES string of the molecule is C[C@@]1(c2cc(NC(=O)c3cnc(OC(F)F)cn3)ccc2F)C[C@@H](C(F)(F)F)N=C(N)O1. The van der Waals surface area contributed by atoms with Crippen LogP contribution in [0.5, 0.6) is 5.88 Å². The number of nitrogens with zero attached hydrogens (tertiary/aromatic N) is 3. The maximum absolute atomic E-state index is 14.5. The van der Waals surface area contributed by atoms with Gasteiger partial charge in [-0.1, -0.05) is 0 Å². The summed E-state index contributed by atoms with van der Waals surface area (Å²) in [5, 5.41) is 2.36. The quantitative estimate of drug-likeness (QED) is 0.658. The summed E-state index contributed by atoms with van der Waals surface area (Å²) in [5.74, 6) is -2.25. The molecule has 0 aliphatic carbocycles. The van der Waals surface area contributed by atoms with E-state index in [0.29, 0.717) is 0 Å². The van der Waals surface area contributed by atoms with Crippen LogP contribution < -0.4 is 15.8 Å². The molecule has 2 atom stereocenters. The summed E-state index contributed by atoms with van der Waals surface area (Å²) in [5.41, 5.74) is 2.97. The van der Waals surface area contributed by atoms with E-state index < -0.39 is 54.5 Å². The molecule has 172 valence electrons. The Morgan fingerprint density at radius 1 is 1.31 bits per heavy atom. The van der Waals surface area contributed by atoms with Gasteiger partial charge in [0.25, 0.3) is 11.9 Å². The zero-order valence-corrected chi connectivity index (χ0v) is 16.2. The lowest BCUT2D eigenvalue weighted by atomic mass is 9.87. The number of hydrogen-bond donors (Lipinski definition) is 2. The number of amidine groups is 1. The molecule has 1 aromatic carbocycles. The molecule has 1 aliphatic heterocycles. The van der Waals surface area contributed by atoms with Crippen molar-refractivity contribution in [2.45, 2.75) is 37.8 Å². The van der Waals surface area contributed by atoms with Crippen LogP contribution in [0.1, 0.15) is 29.4 Å². The number of ether oxygens (including phenoxy) is 2. The summed E-state index contributed by atoms with van der Waals surface area (Å²) in [6.45, 7) is -1.91. The van der Waals surface area contributed by atoms with Crippen LogP contribution in [-0.2, 0) is 10.3 Å². The normalized spacial score (nSPS) is 21.0. The van der Waals surface area contributed by atoms with E-state index in [2.05, 4.69) is 25.0 Å². The number of carbonyl (C=O) groups excluding carboxylic acids is 1. The van der Waals surface area contributed by atoms with Gasteiger partial charge in [-0.25, -0.2) is 19.4 Å². The third kappa shape index (κ3) is 5.18. The van der Waals surface area contributed by atoms with E-state index in [-0.39, 0.29) is 16.9 Å². The molecule has 3 N–H and O–H groups in total. The molecule has 8 nitrogen and oxygen atoms in total. The summed E-state index contributed by atoms with van der Waals surface area (Å²) in [7, 11) is 0. The van der Waals surface area contributed by atoms with Gasteiger partial charge in [-0.3, -0.25) is 4.79 Å². The van der Waals surface area contributed by atoms with E-state index >= 15 is 0 Å². The van der Waals surface area contributed by atoms with Gasteiger partial charge in [0.2, 0.25) is 5.88 Å². The van der Waals surface area contributed by atoms with E-state index in [4.69, 9.17) is 10.5 Å². The molecule has 0 bridgehead atoms. The highest BCUT2D eigenvalue weighted by molar-refractivity contribution is 6.02. The Kier molecular flexibility index (Phi) is 6.14. The molecule has 0 unspecified atom stereocenters. The van der Waals surface area contributed by atoms with Gasteiger partial charge in [-0.05, 0) is 25.1 Å². The molecule has 2 aromatic rings. The van der Waals surface area contributed by atoms with Crippen LogP contribution in [-0.4, -0.2) is 40.7 Å². The van der Waals surface area contributed by atoms with Crippen molar-refractivity contribution in [3.63, 3.8) is 0 Å². The van der Waals surface area contributed by atoms with Crippen LogP contribution in [0.3, 0.4) is 0 Å². The van der Waals surface area contributed by atoms with Crippen LogP contribution in [0.15, 0.2) is 35.6 Å². The van der Waals surface area contributed by atoms with E-state index in [1.807, 2.05) is 0 Å². The Labute approximate surface area is 176 Å². The van der Waals surface area contributed by atoms with Crippen LogP contribution in [0.25, 0.3) is 0 Å². The molecule has 1 amide bonds. The summed E-state index contributed by atoms with van der Waals surface area (Å²) < 4.78 is 87.6. The van der Waals surface area contributed by atoms with Crippen molar-refractivity contribution in [1.29, 1.82) is 0 Å². The number of aromatic nitrogens is 2. The minimum absolute atomic E-state index is 0.00410. The molecule has 0 radical (unpaired) electrons. The molecule has 1 aromatic heterocycles. The second-order valence-corrected chi connectivity index (χ2v) is 6.83. The number of aliphatic imine (C=N–C) groups is 1. The number of nitrogens with one attached hydrogen (secondary N) is 1. The van der Waals surface area contributed by atoms with E-state index in [1.165, 1.54) is 6.92 Å². The lowest BCUT2D eigenvalue weighted by molar-refractivity contribution is -0.164. The summed E-state index contributed by atoms with van der Waals surface area (Å²) >= 11 is 0. The predicted octanol–water partition coefficient (Wildman–Crippen LogP) is 3.35. The zero-order chi connectivity index (χ0) is 23.7. The van der Waals surface area contributed by atoms with Gasteiger partial charge in [0, 0.05) is 17.7 Å². The average Bonchev–Trinajstić information content (AvgIpc) is 2.68. The maximum atomic E-state index is 14.5. The van der Waals surface area contributed by atoms with Gasteiger partial charge in [-0.15, -0.1) is 0 Å². The minimum atomic E-state index is -4.73. The molecule has 1 aliphatic rings. The van der Waals surface area contributed by atoms with Crippen LogP contribution >= 0.6 is 0 Å². The molecule has 0 fully saturated rings. The zero-order valence-electron chi connectivity index (χ0n) is 16.2. The number of hydrogen-bond acceptors (Lipinski definition) is 7. The molecule has 0 spiro atoms. The largest absolute Gasteiger partial charge is 0.454 e. The molecule has 0 saturated heterocycles. The molecule has 32 heavy (non-hydrogen) atoms. The third-order valence-electron chi connectivity index (χ3n) is 4.44. The first-order valence-corrected chi connectivity index (χ1v) is 8.84. The summed E-state index contributed by atoms with van der Waals surface area (Å²) in [6, 6.07) is 0.207. The second-order valence-electron chi connectivity index (χ2n) is 6.83. The first-order chi connectivity index (χ1) is 14.9. The Hall–Kier alpha value is -3.58. The van der Waals surface area contributed by atoms with Crippen molar-refractivity contribution >= 4 is 17.6 Å². The van der Waals surface area contributed by atoms with Crippen LogP contribution in [0.2, 0.25) is 0 Å². The monoisotopic (exact) mass is 463 g/mol. The lowest BCUT2D eigenvalue weighted by Gasteiger charge is -2.37. The highest BCUT2D eigenvalue weighted by Gasteiger charge is 2.49. The Bertz CT molecular complexity index is 1030. The standard InChI is InChI=1S/C18H15F6N5O3/c1-17(5-12(18(22,23)24)29-16(25)32-17)9-4-8(2-3-10(9)19)28-14(30)11-6-27-13(7-26-11)31-15(20)21/h2-4,6-7,12,15H,5H2,1H3,(H2,25,29)(H,28,30)/t12-,17-/m0/s1. The molecule has 0 saturated carbocycles. The smallest absolute Gasteiger partial charge is 0.411 e. The molecular formula is C18H15F6N5O3. The average molecular weight is 463 g/mol. The predicted molar refractivity (Wildman–Crippen MR) is 97.5 cm³/mol. The number of anilines is 1. The van der Waals surface area contributed by atoms with Gasteiger partial charge >= 0.3 is 12.8 Å². The van der Waals surface area contributed by atoms with Gasteiger partial charge < -0.3 is 20.5 Å². The Balaban J connectivity index is 1.83. The number of benzene rings is 1. The molecule has 3 rings (SSSR count). The van der Waals surface area contributed by atoms with Crippen molar-refractivity contribution in [2.75, 3.05) is 5.32 Å². The van der Waals surface area contributed by atoms with Crippen molar-refractivity contribution in [3.8, 4) is 5.88 Å². The number of nitrogens with two attached hydrogens (primary N) is 1. The first kappa shape index (κ1) is 23.1. The Morgan fingerprint density at radius 3 is 2.62 bits per heavy atom. The summed E-state index contributed by atoms with van der Waals surface area (Å²) in [6.07, 6.45) is -3.80. The fourth-order valence-corrected chi connectivity index (χ4v) is 3.01. The molecule has 14 heteroatoms. The fraction of sp³-hybridized carbons (Fsp3) is 0.333. The van der Waals surface area contributed by atoms with Crippen LogP contribution in [0, 0.1) is 5.82 Å². The summed E-state index contributed by atoms with van der Waals surface area (Å²) in [4.78, 5) is 22.7. The first-order valence-electron chi connectivity index (χ1n) is 8.84. The molecular weight excluding hydrogens is 448 g/mol. The van der Waals surface area contributed by atoms with Crippen molar-refractivity contribution in [3.05, 3.63) is 47.7 Å². The fourth-order valence-electron chi connectivity index (χ4n) is 3.01. The van der Waals surface area contributed by atoms with Crippen molar-refractivity contribution < 1.29 is 40.6 Å². The van der Waals surface area contributed by atoms with E-state index in [0.717, 1.165) is 30.6 Å². The number of alkyl halides is 5. The number of carbonyl (C=O) groups is 1. The lowest BCUT2D eigenvalue weighted by Crippen LogP contribution is -2.46. The maximum Gasteiger partial charge on any atom is 0.411 e. The topological polar surface area (TPSA) is 112 Å². The Morgan fingerprint density at radius 2 is 2.03 bits per heavy atom. The van der Waals surface area contributed by atoms with E-state index in [9.17, 15) is 31.1 Å². The van der Waals surface area contributed by atoms with Gasteiger partial charge in [0.15, 0.2) is 6.04 Å². The number of amides is 1. The van der Waals surface area contributed by atoms with E-state index in [1.54, 1.807) is 0 Å². The van der Waals surface area contributed by atoms with Gasteiger partial charge in [-0.2, -0.15) is 22.0 Å². The minimum Gasteiger partial charge on any atom is -0.454 e.